The Balaban J connectivity index is 2.76. The normalized spacial score (nSPS) is 13.7. The number of aromatic nitrogens is 2. The summed E-state index contributed by atoms with van der Waals surface area (Å²) in [6.45, 7) is 8.48. The van der Waals surface area contributed by atoms with Gasteiger partial charge in [0.05, 0.1) is 11.4 Å². The molecule has 1 aromatic heterocycles. The highest BCUT2D eigenvalue weighted by atomic mass is 32.2. The van der Waals surface area contributed by atoms with Crippen LogP contribution in [0, 0.1) is 13.8 Å². The molecule has 5 nitrogen and oxygen atoms in total. The van der Waals surface area contributed by atoms with Gasteiger partial charge in [-0.05, 0) is 34.2 Å². The zero-order chi connectivity index (χ0) is 14.6. The molecule has 0 spiro atoms. The summed E-state index contributed by atoms with van der Waals surface area (Å²) >= 11 is 0. The highest BCUT2D eigenvalue weighted by Gasteiger charge is 2.16. The lowest BCUT2D eigenvalue weighted by atomic mass is 10.1. The largest absolute Gasteiger partial charge is 0.313 e. The molecule has 0 aliphatic heterocycles. The Bertz CT molecular complexity index is 520. The molecule has 0 fully saturated rings. The van der Waals surface area contributed by atoms with Crippen molar-refractivity contribution in [3.63, 3.8) is 0 Å². The highest BCUT2D eigenvalue weighted by molar-refractivity contribution is 7.91. The fourth-order valence-corrected chi connectivity index (χ4v) is 3.14. The van der Waals surface area contributed by atoms with Crippen molar-refractivity contribution in [2.45, 2.75) is 46.7 Å². The van der Waals surface area contributed by atoms with Gasteiger partial charge in [0.25, 0.3) is 0 Å². The Labute approximate surface area is 116 Å². The minimum absolute atomic E-state index is 0.214. The van der Waals surface area contributed by atoms with E-state index in [0.717, 1.165) is 11.4 Å². The van der Waals surface area contributed by atoms with Gasteiger partial charge in [-0.3, -0.25) is 4.68 Å². The van der Waals surface area contributed by atoms with Crippen LogP contribution in [0.3, 0.4) is 0 Å². The predicted octanol–water partition coefficient (Wildman–Crippen LogP) is 1.61. The van der Waals surface area contributed by atoms with Crippen LogP contribution in [0.2, 0.25) is 0 Å². The maximum Gasteiger partial charge on any atom is 0.150 e. The number of nitrogens with one attached hydrogen (secondary N) is 1. The number of hydrogen-bond acceptors (Lipinski definition) is 4. The number of aryl methyl sites for hydroxylation is 2. The van der Waals surface area contributed by atoms with Gasteiger partial charge in [-0.2, -0.15) is 5.10 Å². The third-order valence-electron chi connectivity index (χ3n) is 3.57. The van der Waals surface area contributed by atoms with Crippen molar-refractivity contribution >= 4 is 9.84 Å². The van der Waals surface area contributed by atoms with Gasteiger partial charge in [-0.1, -0.05) is 6.92 Å². The zero-order valence-electron chi connectivity index (χ0n) is 12.5. The fraction of sp³-hybridized carbons (Fsp3) is 0.769. The van der Waals surface area contributed by atoms with Crippen LogP contribution in [-0.4, -0.2) is 36.8 Å². The molecular formula is C13H25N3O2S. The summed E-state index contributed by atoms with van der Waals surface area (Å²) in [6, 6.07) is 0.258. The zero-order valence-corrected chi connectivity index (χ0v) is 13.3. The van der Waals surface area contributed by atoms with Crippen LogP contribution in [0.5, 0.6) is 0 Å². The lowest BCUT2D eigenvalue weighted by molar-refractivity contribution is 0.562. The maximum absolute atomic E-state index is 11.5. The molecule has 1 N–H and O–H groups in total. The van der Waals surface area contributed by atoms with E-state index in [1.807, 2.05) is 25.6 Å². The average molecular weight is 287 g/mol. The number of nitrogens with zero attached hydrogens (tertiary/aromatic N) is 2. The van der Waals surface area contributed by atoms with Crippen molar-refractivity contribution in [3.8, 4) is 0 Å². The summed E-state index contributed by atoms with van der Waals surface area (Å²) in [7, 11) is -0.955. The average Bonchev–Trinajstić information content (AvgIpc) is 2.64. The van der Waals surface area contributed by atoms with E-state index in [-0.39, 0.29) is 17.5 Å². The number of hydrogen-bond donors (Lipinski definition) is 1. The van der Waals surface area contributed by atoms with E-state index in [4.69, 9.17) is 0 Å². The molecule has 0 aliphatic rings. The van der Waals surface area contributed by atoms with E-state index in [1.54, 1.807) is 6.92 Å². The summed E-state index contributed by atoms with van der Waals surface area (Å²) in [6.07, 6.45) is 0.617. The third-order valence-corrected chi connectivity index (χ3v) is 5.36. The summed E-state index contributed by atoms with van der Waals surface area (Å²) in [4.78, 5) is 0. The van der Waals surface area contributed by atoms with Crippen molar-refractivity contribution in [1.82, 2.24) is 15.1 Å². The molecule has 0 bridgehead atoms. The van der Waals surface area contributed by atoms with Crippen LogP contribution in [0.15, 0.2) is 0 Å². The molecule has 0 aliphatic carbocycles. The lowest BCUT2D eigenvalue weighted by Crippen LogP contribution is -2.15. The molecule has 1 heterocycles. The first-order chi connectivity index (χ1) is 8.82. The molecule has 1 aromatic rings. The molecule has 1 unspecified atom stereocenters. The summed E-state index contributed by atoms with van der Waals surface area (Å²) in [5.41, 5.74) is 3.34. The second-order valence-corrected chi connectivity index (χ2v) is 7.38. The first-order valence-electron chi connectivity index (χ1n) is 6.74. The second kappa shape index (κ2) is 6.52. The molecule has 1 atom stereocenters. The van der Waals surface area contributed by atoms with Crippen LogP contribution in [0.4, 0.5) is 0 Å². The summed E-state index contributed by atoms with van der Waals surface area (Å²) in [5.74, 6) is 0.449. The van der Waals surface area contributed by atoms with Gasteiger partial charge in [0.1, 0.15) is 9.84 Å². The molecule has 6 heteroatoms. The van der Waals surface area contributed by atoms with E-state index in [2.05, 4.69) is 17.3 Å². The predicted molar refractivity (Wildman–Crippen MR) is 78.1 cm³/mol. The monoisotopic (exact) mass is 287 g/mol. The quantitative estimate of drug-likeness (QED) is 0.827. The summed E-state index contributed by atoms with van der Waals surface area (Å²) < 4.78 is 24.8. The van der Waals surface area contributed by atoms with Gasteiger partial charge in [-0.25, -0.2) is 8.42 Å². The molecule has 110 valence electrons. The Kier molecular flexibility index (Phi) is 5.55. The molecule has 0 radical (unpaired) electrons. The topological polar surface area (TPSA) is 64.0 Å². The van der Waals surface area contributed by atoms with Crippen molar-refractivity contribution in [1.29, 1.82) is 0 Å². The van der Waals surface area contributed by atoms with E-state index >= 15 is 0 Å². The van der Waals surface area contributed by atoms with Gasteiger partial charge in [0.2, 0.25) is 0 Å². The molecule has 0 amide bonds. The first kappa shape index (κ1) is 16.2. The van der Waals surface area contributed by atoms with Crippen molar-refractivity contribution in [3.05, 3.63) is 17.0 Å². The minimum atomic E-state index is -2.88. The molecule has 19 heavy (non-hydrogen) atoms. The van der Waals surface area contributed by atoms with Crippen LogP contribution < -0.4 is 5.32 Å². The first-order valence-corrected chi connectivity index (χ1v) is 8.56. The molecule has 1 rings (SSSR count). The molecular weight excluding hydrogens is 262 g/mol. The lowest BCUT2D eigenvalue weighted by Gasteiger charge is -2.11. The van der Waals surface area contributed by atoms with Crippen molar-refractivity contribution < 1.29 is 8.42 Å². The van der Waals surface area contributed by atoms with Gasteiger partial charge >= 0.3 is 0 Å². The van der Waals surface area contributed by atoms with Crippen LogP contribution >= 0.6 is 0 Å². The Morgan fingerprint density at radius 1 is 1.37 bits per heavy atom. The molecule has 0 saturated heterocycles. The SMILES string of the molecule is CCS(=O)(=O)CCCn1nc(C)c(C(C)NC)c1C. The highest BCUT2D eigenvalue weighted by Crippen LogP contribution is 2.21. The second-order valence-electron chi connectivity index (χ2n) is 4.91. The van der Waals surface area contributed by atoms with Gasteiger partial charge < -0.3 is 5.32 Å². The molecule has 0 aromatic carbocycles. The van der Waals surface area contributed by atoms with Crippen LogP contribution in [0.1, 0.15) is 43.3 Å². The van der Waals surface area contributed by atoms with E-state index in [0.29, 0.717) is 13.0 Å². The van der Waals surface area contributed by atoms with Gasteiger partial charge in [0, 0.05) is 29.6 Å². The number of sulfone groups is 1. The van der Waals surface area contributed by atoms with Crippen LogP contribution in [0.25, 0.3) is 0 Å². The van der Waals surface area contributed by atoms with Crippen molar-refractivity contribution in [2.24, 2.45) is 0 Å². The standard InChI is InChI=1S/C13H25N3O2S/c1-6-19(17,18)9-7-8-16-12(4)13(10(2)14-5)11(3)15-16/h10,14H,6-9H2,1-5H3. The Morgan fingerprint density at radius 2 is 2.00 bits per heavy atom. The third kappa shape index (κ3) is 4.04. The smallest absolute Gasteiger partial charge is 0.150 e. The fourth-order valence-electron chi connectivity index (χ4n) is 2.28. The van der Waals surface area contributed by atoms with Gasteiger partial charge in [-0.15, -0.1) is 0 Å². The van der Waals surface area contributed by atoms with Crippen molar-refractivity contribution in [2.75, 3.05) is 18.6 Å². The minimum Gasteiger partial charge on any atom is -0.313 e. The summed E-state index contributed by atoms with van der Waals surface area (Å²) in [5, 5.41) is 7.72. The maximum atomic E-state index is 11.5. The van der Waals surface area contributed by atoms with E-state index in [9.17, 15) is 8.42 Å². The van der Waals surface area contributed by atoms with E-state index in [1.165, 1.54) is 5.56 Å². The van der Waals surface area contributed by atoms with Gasteiger partial charge in [0.15, 0.2) is 0 Å². The Morgan fingerprint density at radius 3 is 2.53 bits per heavy atom. The van der Waals surface area contributed by atoms with Crippen LogP contribution in [-0.2, 0) is 16.4 Å². The Hall–Kier alpha value is -0.880. The van der Waals surface area contributed by atoms with E-state index < -0.39 is 9.84 Å². The molecule has 0 saturated carbocycles. The number of rotatable bonds is 7.